The minimum Gasteiger partial charge on any atom is -0.497 e. The zero-order valence-electron chi connectivity index (χ0n) is 18.3. The smallest absolute Gasteiger partial charge is 0.248 e. The van der Waals surface area contributed by atoms with Gasteiger partial charge in [0.1, 0.15) is 10.5 Å². The summed E-state index contributed by atoms with van der Waals surface area (Å²) in [5, 5.41) is 0. The molecular weight excluding hydrogens is 428 g/mol. The average Bonchev–Trinajstić information content (AvgIpc) is 3.08. The summed E-state index contributed by atoms with van der Waals surface area (Å²) in [5.74, 6) is 0.898. The summed E-state index contributed by atoms with van der Waals surface area (Å²) in [5.41, 5.74) is 4.10. The lowest BCUT2D eigenvalue weighted by atomic mass is 9.92. The summed E-state index contributed by atoms with van der Waals surface area (Å²) in [6.07, 6.45) is 4.19. The SMILES string of the molecule is COc1ccc(CN2C(=O)C(Cc3cccnc3)(Sc3ccccc3)c3ccccc32)cc1. The number of nitrogens with zero attached hydrogens (tertiary/aromatic N) is 2. The van der Waals surface area contributed by atoms with Crippen LogP contribution in [0.25, 0.3) is 0 Å². The molecule has 2 heterocycles. The molecule has 0 spiro atoms. The van der Waals surface area contributed by atoms with Crippen molar-refractivity contribution in [3.8, 4) is 5.75 Å². The number of benzene rings is 3. The molecule has 164 valence electrons. The van der Waals surface area contributed by atoms with E-state index in [9.17, 15) is 4.79 Å². The maximum Gasteiger partial charge on any atom is 0.248 e. The van der Waals surface area contributed by atoms with Gasteiger partial charge in [-0.05, 0) is 47.5 Å². The van der Waals surface area contributed by atoms with Crippen LogP contribution in [-0.4, -0.2) is 18.0 Å². The third-order valence-corrected chi connectivity index (χ3v) is 7.33. The first-order valence-corrected chi connectivity index (χ1v) is 11.7. The second kappa shape index (κ2) is 9.12. The molecule has 1 unspecified atom stereocenters. The van der Waals surface area contributed by atoms with Gasteiger partial charge in [-0.3, -0.25) is 9.78 Å². The molecule has 0 saturated heterocycles. The molecule has 3 aromatic carbocycles. The number of hydrogen-bond donors (Lipinski definition) is 0. The molecule has 0 radical (unpaired) electrons. The first-order valence-electron chi connectivity index (χ1n) is 10.9. The third kappa shape index (κ3) is 4.12. The molecule has 33 heavy (non-hydrogen) atoms. The number of amides is 1. The Morgan fingerprint density at radius 1 is 0.879 bits per heavy atom. The highest BCUT2D eigenvalue weighted by atomic mass is 32.2. The van der Waals surface area contributed by atoms with Crippen LogP contribution < -0.4 is 9.64 Å². The van der Waals surface area contributed by atoms with Gasteiger partial charge in [-0.25, -0.2) is 0 Å². The Bertz CT molecular complexity index is 1200. The van der Waals surface area contributed by atoms with E-state index in [-0.39, 0.29) is 5.91 Å². The molecule has 0 bridgehead atoms. The highest BCUT2D eigenvalue weighted by Crippen LogP contribution is 2.53. The highest BCUT2D eigenvalue weighted by Gasteiger charge is 2.51. The van der Waals surface area contributed by atoms with Gasteiger partial charge in [-0.15, -0.1) is 11.8 Å². The number of methoxy groups -OCH3 is 1. The fraction of sp³-hybridized carbons (Fsp3) is 0.143. The van der Waals surface area contributed by atoms with Gasteiger partial charge in [-0.2, -0.15) is 0 Å². The number of thioether (sulfide) groups is 1. The minimum atomic E-state index is -0.770. The average molecular weight is 453 g/mol. The topological polar surface area (TPSA) is 42.4 Å². The number of hydrogen-bond acceptors (Lipinski definition) is 4. The molecule has 4 nitrogen and oxygen atoms in total. The first-order chi connectivity index (χ1) is 16.2. The van der Waals surface area contributed by atoms with Crippen molar-refractivity contribution >= 4 is 23.4 Å². The van der Waals surface area contributed by atoms with E-state index in [2.05, 4.69) is 23.2 Å². The van der Waals surface area contributed by atoms with Crippen LogP contribution in [0.15, 0.2) is 108 Å². The number of pyridine rings is 1. The monoisotopic (exact) mass is 452 g/mol. The standard InChI is InChI=1S/C28H24N2O2S/c1-32-23-15-13-21(14-16-23)20-30-26-12-6-5-11-25(26)28(27(30)31,18-22-8-7-17-29-19-22)33-24-9-3-2-4-10-24/h2-17,19H,18,20H2,1H3. The number of para-hydroxylation sites is 1. The van der Waals surface area contributed by atoms with E-state index in [1.165, 1.54) is 0 Å². The third-order valence-electron chi connectivity index (χ3n) is 5.93. The van der Waals surface area contributed by atoms with E-state index in [1.54, 1.807) is 25.1 Å². The molecule has 1 aromatic heterocycles. The number of carbonyl (C=O) groups is 1. The summed E-state index contributed by atoms with van der Waals surface area (Å²) in [6, 6.07) is 30.2. The lowest BCUT2D eigenvalue weighted by Gasteiger charge is -2.28. The van der Waals surface area contributed by atoms with Gasteiger partial charge in [0.25, 0.3) is 0 Å². The number of carbonyl (C=O) groups excluding carboxylic acids is 1. The number of rotatable bonds is 7. The van der Waals surface area contributed by atoms with Gasteiger partial charge in [0, 0.05) is 35.0 Å². The lowest BCUT2D eigenvalue weighted by Crippen LogP contribution is -2.39. The fourth-order valence-corrected chi connectivity index (χ4v) is 5.76. The summed E-state index contributed by atoms with van der Waals surface area (Å²) in [4.78, 5) is 21.6. The second-order valence-corrected chi connectivity index (χ2v) is 9.41. The number of anilines is 1. The molecule has 0 fully saturated rings. The molecule has 0 N–H and O–H groups in total. The summed E-state index contributed by atoms with van der Waals surface area (Å²) in [7, 11) is 1.66. The van der Waals surface area contributed by atoms with E-state index in [4.69, 9.17) is 4.74 Å². The Hall–Kier alpha value is -3.57. The van der Waals surface area contributed by atoms with Crippen molar-refractivity contribution in [2.45, 2.75) is 22.6 Å². The van der Waals surface area contributed by atoms with Crippen molar-refractivity contribution in [1.29, 1.82) is 0 Å². The van der Waals surface area contributed by atoms with Crippen LogP contribution in [0.1, 0.15) is 16.7 Å². The zero-order chi connectivity index (χ0) is 22.7. The predicted molar refractivity (Wildman–Crippen MR) is 133 cm³/mol. The van der Waals surface area contributed by atoms with Crippen LogP contribution in [0.5, 0.6) is 5.75 Å². The normalized spacial score (nSPS) is 17.1. The van der Waals surface area contributed by atoms with Crippen molar-refractivity contribution < 1.29 is 9.53 Å². The van der Waals surface area contributed by atoms with Crippen molar-refractivity contribution in [1.82, 2.24) is 4.98 Å². The maximum atomic E-state index is 14.3. The van der Waals surface area contributed by atoms with Crippen molar-refractivity contribution in [3.63, 3.8) is 0 Å². The van der Waals surface area contributed by atoms with Gasteiger partial charge in [0.05, 0.1) is 13.7 Å². The van der Waals surface area contributed by atoms with Crippen molar-refractivity contribution in [2.24, 2.45) is 0 Å². The van der Waals surface area contributed by atoms with E-state index in [0.29, 0.717) is 13.0 Å². The van der Waals surface area contributed by atoms with E-state index in [1.807, 2.05) is 83.9 Å². The van der Waals surface area contributed by atoms with Crippen LogP contribution in [-0.2, 0) is 22.5 Å². The molecule has 4 aromatic rings. The molecule has 5 rings (SSSR count). The Labute approximate surface area is 198 Å². The largest absolute Gasteiger partial charge is 0.497 e. The molecule has 5 heteroatoms. The Morgan fingerprint density at radius 3 is 2.36 bits per heavy atom. The van der Waals surface area contributed by atoms with Crippen LogP contribution >= 0.6 is 11.8 Å². The number of ether oxygens (including phenoxy) is 1. The first kappa shape index (κ1) is 21.3. The van der Waals surface area contributed by atoms with Gasteiger partial charge >= 0.3 is 0 Å². The summed E-state index contributed by atoms with van der Waals surface area (Å²) < 4.78 is 4.52. The van der Waals surface area contributed by atoms with Gasteiger partial charge in [0.2, 0.25) is 5.91 Å². The molecule has 0 saturated carbocycles. The molecule has 1 aliphatic heterocycles. The molecule has 1 atom stereocenters. The molecule has 0 aliphatic carbocycles. The molecule has 1 amide bonds. The predicted octanol–water partition coefficient (Wildman–Crippen LogP) is 5.87. The Kier molecular flexibility index (Phi) is 5.88. The quantitative estimate of drug-likeness (QED) is 0.352. The maximum absolute atomic E-state index is 14.3. The minimum absolute atomic E-state index is 0.0947. The van der Waals surface area contributed by atoms with Gasteiger partial charge in [-0.1, -0.05) is 54.6 Å². The van der Waals surface area contributed by atoms with Crippen molar-refractivity contribution in [2.75, 3.05) is 12.0 Å². The van der Waals surface area contributed by atoms with E-state index in [0.717, 1.165) is 33.0 Å². The second-order valence-electron chi connectivity index (χ2n) is 8.04. The van der Waals surface area contributed by atoms with Crippen LogP contribution in [0, 0.1) is 0 Å². The highest BCUT2D eigenvalue weighted by molar-refractivity contribution is 8.01. The number of aromatic nitrogens is 1. The van der Waals surface area contributed by atoms with Crippen molar-refractivity contribution in [3.05, 3.63) is 120 Å². The summed E-state index contributed by atoms with van der Waals surface area (Å²) >= 11 is 1.63. The lowest BCUT2D eigenvalue weighted by molar-refractivity contribution is -0.120. The number of fused-ring (bicyclic) bond motifs is 1. The van der Waals surface area contributed by atoms with Crippen LogP contribution in [0.4, 0.5) is 5.69 Å². The zero-order valence-corrected chi connectivity index (χ0v) is 19.2. The van der Waals surface area contributed by atoms with E-state index >= 15 is 0 Å². The van der Waals surface area contributed by atoms with Crippen LogP contribution in [0.3, 0.4) is 0 Å². The van der Waals surface area contributed by atoms with Gasteiger partial charge < -0.3 is 9.64 Å². The Balaban J connectivity index is 1.59. The summed E-state index contributed by atoms with van der Waals surface area (Å²) in [6.45, 7) is 0.504. The molecular formula is C28H24N2O2S. The Morgan fingerprint density at radius 2 is 1.64 bits per heavy atom. The molecule has 1 aliphatic rings. The van der Waals surface area contributed by atoms with Crippen LogP contribution in [0.2, 0.25) is 0 Å². The fourth-order valence-electron chi connectivity index (χ4n) is 4.35. The van der Waals surface area contributed by atoms with Gasteiger partial charge in [0.15, 0.2) is 0 Å². The van der Waals surface area contributed by atoms with E-state index < -0.39 is 4.75 Å².